The van der Waals surface area contributed by atoms with Crippen molar-refractivity contribution >= 4 is 23.9 Å². The molecule has 12 heteroatoms. The van der Waals surface area contributed by atoms with Gasteiger partial charge in [0.25, 0.3) is 0 Å². The number of carbonyl (C=O) groups excluding carboxylic acids is 3. The summed E-state index contributed by atoms with van der Waals surface area (Å²) in [4.78, 5) is 51.2. The number of ether oxygens (including phenoxy) is 5. The molecule has 0 bridgehead atoms. The molecule has 6 atom stereocenters. The lowest BCUT2D eigenvalue weighted by Gasteiger charge is -2.40. The van der Waals surface area contributed by atoms with Gasteiger partial charge in [0.2, 0.25) is 0 Å². The molecule has 1 fully saturated rings. The van der Waals surface area contributed by atoms with Crippen LogP contribution in [0.2, 0.25) is 0 Å². The summed E-state index contributed by atoms with van der Waals surface area (Å²) in [6.07, 6.45) is 53.2. The number of carbonyl (C=O) groups is 4. The molecular formula is C65H112O12. The fourth-order valence-corrected chi connectivity index (χ4v) is 9.25. The van der Waals surface area contributed by atoms with Crippen LogP contribution in [0.25, 0.3) is 0 Å². The van der Waals surface area contributed by atoms with Gasteiger partial charge in [-0.1, -0.05) is 216 Å². The van der Waals surface area contributed by atoms with Crippen LogP contribution in [0.15, 0.2) is 60.8 Å². The number of allylic oxidation sites excluding steroid dienone is 10. The van der Waals surface area contributed by atoms with Crippen LogP contribution in [-0.2, 0) is 42.9 Å². The third kappa shape index (κ3) is 43.0. The highest BCUT2D eigenvalue weighted by Gasteiger charge is 2.50. The van der Waals surface area contributed by atoms with Gasteiger partial charge in [-0.25, -0.2) is 4.79 Å². The van der Waals surface area contributed by atoms with Crippen molar-refractivity contribution in [1.82, 2.24) is 0 Å². The van der Waals surface area contributed by atoms with E-state index in [9.17, 15) is 34.5 Å². The first-order chi connectivity index (χ1) is 37.6. The highest BCUT2D eigenvalue weighted by molar-refractivity contribution is 5.74. The zero-order valence-corrected chi connectivity index (χ0v) is 49.0. The number of esters is 3. The monoisotopic (exact) mass is 1080 g/mol. The van der Waals surface area contributed by atoms with Crippen molar-refractivity contribution in [3.8, 4) is 0 Å². The first-order valence-corrected chi connectivity index (χ1v) is 31.3. The molecule has 1 heterocycles. The maximum absolute atomic E-state index is 13.2. The molecule has 1 rings (SSSR count). The number of hydrogen-bond acceptors (Lipinski definition) is 11. The highest BCUT2D eigenvalue weighted by atomic mass is 16.7. The number of aliphatic hydroxyl groups is 2. The molecule has 3 N–H and O–H groups in total. The number of aliphatic carboxylic acids is 1. The van der Waals surface area contributed by atoms with Gasteiger partial charge in [-0.15, -0.1) is 0 Å². The Morgan fingerprint density at radius 3 is 1.26 bits per heavy atom. The molecule has 0 radical (unpaired) electrons. The average Bonchev–Trinajstić information content (AvgIpc) is 3.43. The molecule has 444 valence electrons. The maximum Gasteiger partial charge on any atom is 0.335 e. The average molecular weight is 1090 g/mol. The lowest BCUT2D eigenvalue weighted by atomic mass is 9.98. The summed E-state index contributed by atoms with van der Waals surface area (Å²) in [6, 6.07) is 0. The summed E-state index contributed by atoms with van der Waals surface area (Å²) in [6.45, 7) is 5.88. The molecule has 6 unspecified atom stereocenters. The number of carboxylic acids is 1. The van der Waals surface area contributed by atoms with Gasteiger partial charge >= 0.3 is 23.9 Å². The van der Waals surface area contributed by atoms with E-state index in [1.807, 2.05) is 0 Å². The molecule has 77 heavy (non-hydrogen) atoms. The second kappa shape index (κ2) is 53.1. The molecule has 0 aromatic heterocycles. The van der Waals surface area contributed by atoms with Crippen molar-refractivity contribution in [2.45, 2.75) is 314 Å². The molecule has 12 nitrogen and oxygen atoms in total. The van der Waals surface area contributed by atoms with Crippen LogP contribution < -0.4 is 0 Å². The number of rotatable bonds is 53. The molecule has 0 aliphatic carbocycles. The fraction of sp³-hybridized carbons (Fsp3) is 0.785. The Labute approximate surface area is 468 Å². The quantitative estimate of drug-likeness (QED) is 0.0228. The molecule has 0 aromatic carbocycles. The summed E-state index contributed by atoms with van der Waals surface area (Å²) in [7, 11) is 0. The van der Waals surface area contributed by atoms with Crippen LogP contribution in [-0.4, -0.2) is 89.2 Å². The van der Waals surface area contributed by atoms with E-state index >= 15 is 0 Å². The zero-order valence-electron chi connectivity index (χ0n) is 49.0. The normalized spacial score (nSPS) is 18.4. The summed E-state index contributed by atoms with van der Waals surface area (Å²) in [5.41, 5.74) is 0. The molecule has 0 amide bonds. The van der Waals surface area contributed by atoms with Gasteiger partial charge in [-0.2, -0.15) is 0 Å². The number of unbranched alkanes of at least 4 members (excludes halogenated alkanes) is 29. The van der Waals surface area contributed by atoms with Crippen molar-refractivity contribution in [3.05, 3.63) is 60.8 Å². The number of aliphatic hydroxyl groups excluding tert-OH is 2. The van der Waals surface area contributed by atoms with Gasteiger partial charge in [-0.05, 0) is 103 Å². The van der Waals surface area contributed by atoms with Crippen molar-refractivity contribution in [1.29, 1.82) is 0 Å². The molecule has 0 aromatic rings. The second-order valence-electron chi connectivity index (χ2n) is 21.3. The third-order valence-electron chi connectivity index (χ3n) is 14.0. The fourth-order valence-electron chi connectivity index (χ4n) is 9.25. The SMILES string of the molecule is CC/C=C\C/C=C\C/C=C\CCCCCCCCCC(=O)OC1C(OCC(COC(=O)CCCCCCC/C=C\CCCCCCCC)OC(=O)CCCCCCC/C=C\CCCCCCCC)OC(C(=O)O)C(O)C1O. The summed E-state index contributed by atoms with van der Waals surface area (Å²) in [5.74, 6) is -3.14. The van der Waals surface area contributed by atoms with Gasteiger partial charge < -0.3 is 39.0 Å². The molecule has 0 spiro atoms. The topological polar surface area (TPSA) is 175 Å². The van der Waals surface area contributed by atoms with E-state index in [-0.39, 0.29) is 25.9 Å². The Bertz CT molecular complexity index is 1570. The van der Waals surface area contributed by atoms with Crippen molar-refractivity contribution < 1.29 is 58.2 Å². The van der Waals surface area contributed by atoms with Gasteiger partial charge in [0.1, 0.15) is 18.8 Å². The van der Waals surface area contributed by atoms with Crippen LogP contribution in [0.3, 0.4) is 0 Å². The van der Waals surface area contributed by atoms with Gasteiger partial charge in [-0.3, -0.25) is 14.4 Å². The highest BCUT2D eigenvalue weighted by Crippen LogP contribution is 2.26. The lowest BCUT2D eigenvalue weighted by molar-refractivity contribution is -0.301. The van der Waals surface area contributed by atoms with E-state index in [2.05, 4.69) is 81.5 Å². The smallest absolute Gasteiger partial charge is 0.335 e. The summed E-state index contributed by atoms with van der Waals surface area (Å²) in [5, 5.41) is 31.5. The Morgan fingerprint density at radius 1 is 0.442 bits per heavy atom. The van der Waals surface area contributed by atoms with E-state index in [0.717, 1.165) is 141 Å². The molecule has 0 saturated carbocycles. The lowest BCUT2D eigenvalue weighted by Crippen LogP contribution is -2.61. The Balaban J connectivity index is 2.69. The summed E-state index contributed by atoms with van der Waals surface area (Å²) < 4.78 is 28.5. The van der Waals surface area contributed by atoms with Gasteiger partial charge in [0.05, 0.1) is 6.61 Å². The van der Waals surface area contributed by atoms with Gasteiger partial charge in [0.15, 0.2) is 24.6 Å². The van der Waals surface area contributed by atoms with E-state index in [1.165, 1.54) is 77.0 Å². The Morgan fingerprint density at radius 2 is 0.818 bits per heavy atom. The van der Waals surface area contributed by atoms with E-state index < -0.39 is 67.3 Å². The second-order valence-corrected chi connectivity index (χ2v) is 21.3. The van der Waals surface area contributed by atoms with E-state index in [0.29, 0.717) is 19.3 Å². The Hall–Kier alpha value is -3.58. The third-order valence-corrected chi connectivity index (χ3v) is 14.0. The van der Waals surface area contributed by atoms with Crippen molar-refractivity contribution in [2.24, 2.45) is 0 Å². The van der Waals surface area contributed by atoms with Crippen LogP contribution in [0, 0.1) is 0 Å². The standard InChI is InChI=1S/C65H112O12/c1-4-7-10-13-16-19-22-25-28-29-32-35-38-41-44-47-50-53-59(68)76-63-61(70)60(69)62(64(71)72)77-65(63)74-55-56(75-58(67)52-49-46-43-40-37-34-31-27-24-21-18-15-12-9-6-3)54-73-57(66)51-48-45-42-39-36-33-30-26-23-20-17-14-11-8-5-2/h7,10,16,19,25-28,30-31,56,60-63,65,69-70H,4-6,8-9,11-15,17-18,20-24,29,32-55H2,1-3H3,(H,71,72)/b10-7-,19-16-,28-25-,30-26-,31-27-. The van der Waals surface area contributed by atoms with Crippen LogP contribution in [0.4, 0.5) is 0 Å². The Kier molecular flexibility index (Phi) is 49.2. The van der Waals surface area contributed by atoms with Crippen LogP contribution in [0.5, 0.6) is 0 Å². The molecule has 1 saturated heterocycles. The number of hydrogen-bond donors (Lipinski definition) is 3. The van der Waals surface area contributed by atoms with Crippen LogP contribution >= 0.6 is 0 Å². The molecular weight excluding hydrogens is 973 g/mol. The minimum absolute atomic E-state index is 0.0474. The van der Waals surface area contributed by atoms with Crippen molar-refractivity contribution in [2.75, 3.05) is 13.2 Å². The maximum atomic E-state index is 13.2. The zero-order chi connectivity index (χ0) is 56.1. The van der Waals surface area contributed by atoms with Gasteiger partial charge in [0, 0.05) is 19.3 Å². The largest absolute Gasteiger partial charge is 0.479 e. The minimum Gasteiger partial charge on any atom is -0.479 e. The first kappa shape index (κ1) is 71.4. The predicted octanol–water partition coefficient (Wildman–Crippen LogP) is 16.3. The predicted molar refractivity (Wildman–Crippen MR) is 312 cm³/mol. The number of carboxylic acid groups (broad SMARTS) is 1. The van der Waals surface area contributed by atoms with Crippen LogP contribution in [0.1, 0.15) is 278 Å². The van der Waals surface area contributed by atoms with E-state index in [1.54, 1.807) is 0 Å². The first-order valence-electron chi connectivity index (χ1n) is 31.3. The summed E-state index contributed by atoms with van der Waals surface area (Å²) >= 11 is 0. The van der Waals surface area contributed by atoms with E-state index in [4.69, 9.17) is 23.7 Å². The molecule has 1 aliphatic rings. The van der Waals surface area contributed by atoms with Crippen molar-refractivity contribution in [3.63, 3.8) is 0 Å². The molecule has 1 aliphatic heterocycles. The minimum atomic E-state index is -1.91.